The molecule has 2 N–H and O–H groups in total. The van der Waals surface area contributed by atoms with Crippen LogP contribution in [0.25, 0.3) is 0 Å². The van der Waals surface area contributed by atoms with E-state index in [0.29, 0.717) is 18.1 Å². The van der Waals surface area contributed by atoms with Crippen LogP contribution >= 0.6 is 11.3 Å². The standard InChI is InChI=1S/C16H21NO4S/c18-15(13-8-10-4-1-2-6-12(10)22-13)17-14(16(19)20)11-5-3-7-21-9-11/h8,11,14H,1-7,9H2,(H,17,18)(H,19,20). The predicted molar refractivity (Wildman–Crippen MR) is 83.4 cm³/mol. The maximum atomic E-state index is 12.4. The van der Waals surface area contributed by atoms with E-state index in [1.807, 2.05) is 6.07 Å². The summed E-state index contributed by atoms with van der Waals surface area (Å²) in [4.78, 5) is 25.8. The van der Waals surface area contributed by atoms with Crippen LogP contribution in [-0.2, 0) is 22.4 Å². The first-order valence-corrected chi connectivity index (χ1v) is 8.70. The molecule has 1 saturated heterocycles. The van der Waals surface area contributed by atoms with E-state index < -0.39 is 12.0 Å². The number of rotatable bonds is 4. The summed E-state index contributed by atoms with van der Waals surface area (Å²) in [6.45, 7) is 1.08. The molecule has 6 heteroatoms. The lowest BCUT2D eigenvalue weighted by Gasteiger charge is -2.27. The van der Waals surface area contributed by atoms with Gasteiger partial charge in [0.15, 0.2) is 0 Å². The zero-order chi connectivity index (χ0) is 15.5. The second-order valence-electron chi connectivity index (χ2n) is 6.03. The Balaban J connectivity index is 1.70. The summed E-state index contributed by atoms with van der Waals surface area (Å²) < 4.78 is 5.35. The molecule has 1 amide bonds. The van der Waals surface area contributed by atoms with Gasteiger partial charge in [-0.3, -0.25) is 4.79 Å². The van der Waals surface area contributed by atoms with Crippen LogP contribution in [0.3, 0.4) is 0 Å². The van der Waals surface area contributed by atoms with E-state index in [2.05, 4.69) is 5.32 Å². The molecule has 1 aliphatic carbocycles. The molecule has 0 radical (unpaired) electrons. The van der Waals surface area contributed by atoms with E-state index in [1.165, 1.54) is 34.6 Å². The molecule has 2 aliphatic rings. The average molecular weight is 323 g/mol. The van der Waals surface area contributed by atoms with Crippen molar-refractivity contribution in [3.8, 4) is 0 Å². The molecule has 1 aromatic rings. The molecular weight excluding hydrogens is 302 g/mol. The number of carbonyl (C=O) groups is 2. The minimum atomic E-state index is -0.981. The number of nitrogens with one attached hydrogen (secondary N) is 1. The first-order chi connectivity index (χ1) is 10.6. The molecular formula is C16H21NO4S. The first kappa shape index (κ1) is 15.5. The Morgan fingerprint density at radius 2 is 2.14 bits per heavy atom. The molecule has 0 spiro atoms. The van der Waals surface area contributed by atoms with Gasteiger partial charge in [0.05, 0.1) is 11.5 Å². The van der Waals surface area contributed by atoms with Gasteiger partial charge >= 0.3 is 5.97 Å². The smallest absolute Gasteiger partial charge is 0.326 e. The van der Waals surface area contributed by atoms with Gasteiger partial charge in [-0.1, -0.05) is 0 Å². The highest BCUT2D eigenvalue weighted by Gasteiger charge is 2.32. The van der Waals surface area contributed by atoms with Gasteiger partial charge in [0, 0.05) is 17.4 Å². The molecule has 0 aromatic carbocycles. The van der Waals surface area contributed by atoms with Crippen molar-refractivity contribution < 1.29 is 19.4 Å². The van der Waals surface area contributed by atoms with Crippen molar-refractivity contribution in [2.24, 2.45) is 5.92 Å². The highest BCUT2D eigenvalue weighted by Crippen LogP contribution is 2.30. The van der Waals surface area contributed by atoms with Crippen LogP contribution in [0.15, 0.2) is 6.07 Å². The van der Waals surface area contributed by atoms with Crippen LogP contribution in [0.5, 0.6) is 0 Å². The van der Waals surface area contributed by atoms with Gasteiger partial charge in [0.25, 0.3) is 5.91 Å². The van der Waals surface area contributed by atoms with Crippen LogP contribution in [0, 0.1) is 5.92 Å². The molecule has 0 saturated carbocycles. The zero-order valence-corrected chi connectivity index (χ0v) is 13.3. The van der Waals surface area contributed by atoms with Gasteiger partial charge < -0.3 is 15.2 Å². The number of amides is 1. The van der Waals surface area contributed by atoms with Crippen LogP contribution in [0.1, 0.15) is 45.8 Å². The third-order valence-corrected chi connectivity index (χ3v) is 5.68. The molecule has 2 atom stereocenters. The van der Waals surface area contributed by atoms with Gasteiger partial charge in [-0.05, 0) is 50.2 Å². The lowest BCUT2D eigenvalue weighted by Crippen LogP contribution is -2.48. The van der Waals surface area contributed by atoms with Crippen LogP contribution in [-0.4, -0.2) is 36.2 Å². The molecule has 1 aliphatic heterocycles. The van der Waals surface area contributed by atoms with E-state index in [4.69, 9.17) is 4.74 Å². The Morgan fingerprint density at radius 3 is 2.82 bits per heavy atom. The fraction of sp³-hybridized carbons (Fsp3) is 0.625. The Labute approximate surface area is 133 Å². The molecule has 2 heterocycles. The van der Waals surface area contributed by atoms with Crippen LogP contribution in [0.2, 0.25) is 0 Å². The monoisotopic (exact) mass is 323 g/mol. The number of fused-ring (bicyclic) bond motifs is 1. The highest BCUT2D eigenvalue weighted by molar-refractivity contribution is 7.14. The molecule has 1 aromatic heterocycles. The van der Waals surface area contributed by atoms with Crippen molar-refractivity contribution in [1.29, 1.82) is 0 Å². The zero-order valence-electron chi connectivity index (χ0n) is 12.5. The molecule has 2 unspecified atom stereocenters. The van der Waals surface area contributed by atoms with Crippen molar-refractivity contribution in [2.45, 2.75) is 44.6 Å². The number of carboxylic acids is 1. The quantitative estimate of drug-likeness (QED) is 0.891. The number of carboxylic acid groups (broad SMARTS) is 1. The lowest BCUT2D eigenvalue weighted by atomic mass is 9.93. The normalized spacial score (nSPS) is 22.6. The fourth-order valence-corrected chi connectivity index (χ4v) is 4.38. The first-order valence-electron chi connectivity index (χ1n) is 7.88. The van der Waals surface area contributed by atoms with E-state index in [0.717, 1.165) is 25.7 Å². The number of aliphatic carboxylic acids is 1. The second-order valence-corrected chi connectivity index (χ2v) is 7.17. The second kappa shape index (κ2) is 6.79. The molecule has 120 valence electrons. The fourth-order valence-electron chi connectivity index (χ4n) is 3.22. The number of hydrogen-bond donors (Lipinski definition) is 2. The maximum absolute atomic E-state index is 12.4. The van der Waals surface area contributed by atoms with Crippen molar-refractivity contribution in [3.05, 3.63) is 21.4 Å². The van der Waals surface area contributed by atoms with Crippen LogP contribution < -0.4 is 5.32 Å². The predicted octanol–water partition coefficient (Wildman–Crippen LogP) is 2.24. The minimum Gasteiger partial charge on any atom is -0.480 e. The van der Waals surface area contributed by atoms with Gasteiger partial charge in [-0.2, -0.15) is 0 Å². The van der Waals surface area contributed by atoms with E-state index >= 15 is 0 Å². The largest absolute Gasteiger partial charge is 0.480 e. The minimum absolute atomic E-state index is 0.148. The van der Waals surface area contributed by atoms with Crippen molar-refractivity contribution in [3.63, 3.8) is 0 Å². The third-order valence-electron chi connectivity index (χ3n) is 4.44. The summed E-state index contributed by atoms with van der Waals surface area (Å²) in [7, 11) is 0. The summed E-state index contributed by atoms with van der Waals surface area (Å²) in [5.74, 6) is -1.40. The Kier molecular flexibility index (Phi) is 4.78. The molecule has 22 heavy (non-hydrogen) atoms. The Hall–Kier alpha value is -1.40. The van der Waals surface area contributed by atoms with E-state index in [1.54, 1.807) is 0 Å². The topological polar surface area (TPSA) is 75.6 Å². The number of ether oxygens (including phenoxy) is 1. The summed E-state index contributed by atoms with van der Waals surface area (Å²) in [6.07, 6.45) is 6.02. The van der Waals surface area contributed by atoms with Gasteiger partial charge in [-0.25, -0.2) is 4.79 Å². The number of hydrogen-bond acceptors (Lipinski definition) is 4. The number of carbonyl (C=O) groups excluding carboxylic acids is 1. The van der Waals surface area contributed by atoms with Crippen molar-refractivity contribution in [1.82, 2.24) is 5.32 Å². The van der Waals surface area contributed by atoms with Crippen LogP contribution in [0.4, 0.5) is 0 Å². The SMILES string of the molecule is O=C(NC(C(=O)O)C1CCCOC1)c1cc2c(s1)CCCC2. The molecule has 0 bridgehead atoms. The summed E-state index contributed by atoms with van der Waals surface area (Å²) >= 11 is 1.51. The maximum Gasteiger partial charge on any atom is 0.326 e. The van der Waals surface area contributed by atoms with Crippen molar-refractivity contribution >= 4 is 23.2 Å². The van der Waals surface area contributed by atoms with Gasteiger partial charge in [0.1, 0.15) is 6.04 Å². The number of aryl methyl sites for hydroxylation is 2. The van der Waals surface area contributed by atoms with E-state index in [-0.39, 0.29) is 11.8 Å². The highest BCUT2D eigenvalue weighted by atomic mass is 32.1. The summed E-state index contributed by atoms with van der Waals surface area (Å²) in [5.41, 5.74) is 1.26. The van der Waals surface area contributed by atoms with Gasteiger partial charge in [-0.15, -0.1) is 11.3 Å². The Bertz CT molecular complexity index is 539. The Morgan fingerprint density at radius 1 is 1.32 bits per heavy atom. The summed E-state index contributed by atoms with van der Waals surface area (Å²) in [6, 6.07) is 1.07. The average Bonchev–Trinajstić information content (AvgIpc) is 2.97. The molecule has 3 rings (SSSR count). The van der Waals surface area contributed by atoms with Gasteiger partial charge in [0.2, 0.25) is 0 Å². The number of thiophene rings is 1. The molecule has 1 fully saturated rings. The summed E-state index contributed by atoms with van der Waals surface area (Å²) in [5, 5.41) is 12.1. The molecule has 5 nitrogen and oxygen atoms in total. The third kappa shape index (κ3) is 3.33. The van der Waals surface area contributed by atoms with E-state index in [9.17, 15) is 14.7 Å². The lowest BCUT2D eigenvalue weighted by molar-refractivity contribution is -0.142. The van der Waals surface area contributed by atoms with Crippen molar-refractivity contribution in [2.75, 3.05) is 13.2 Å².